The van der Waals surface area contributed by atoms with Crippen LogP contribution >= 0.6 is 0 Å². The van der Waals surface area contributed by atoms with Gasteiger partial charge in [-0.05, 0) is 31.2 Å². The first-order chi connectivity index (χ1) is 12.2. The Labute approximate surface area is 148 Å². The standard InChI is InChI=1S/C22H22N2O/c1-17(19-8-4-2-5-9-19)23-16-18-12-14-20(15-13-18)22(25)24-21-10-6-3-7-11-21/h2-15,17,23H,16H2,1H3,(H,24,25)/p+1/t17-/m0/s1. The molecule has 3 N–H and O–H groups in total. The van der Waals surface area contributed by atoms with Gasteiger partial charge in [-0.3, -0.25) is 4.79 Å². The van der Waals surface area contributed by atoms with E-state index in [0.717, 1.165) is 12.2 Å². The number of anilines is 1. The molecule has 1 amide bonds. The summed E-state index contributed by atoms with van der Waals surface area (Å²) in [4.78, 5) is 12.3. The quantitative estimate of drug-likeness (QED) is 0.710. The molecule has 3 nitrogen and oxygen atoms in total. The van der Waals surface area contributed by atoms with Crippen LogP contribution in [0.15, 0.2) is 84.9 Å². The number of nitrogens with two attached hydrogens (primary N) is 1. The number of carbonyl (C=O) groups excluding carboxylic acids is 1. The second-order valence-corrected chi connectivity index (χ2v) is 6.16. The van der Waals surface area contributed by atoms with Gasteiger partial charge in [-0.25, -0.2) is 0 Å². The van der Waals surface area contributed by atoms with Crippen molar-refractivity contribution >= 4 is 11.6 Å². The van der Waals surface area contributed by atoms with E-state index in [4.69, 9.17) is 0 Å². The van der Waals surface area contributed by atoms with E-state index < -0.39 is 0 Å². The number of para-hydroxylation sites is 1. The third kappa shape index (κ3) is 4.78. The summed E-state index contributed by atoms with van der Waals surface area (Å²) in [6, 6.07) is 28.2. The Bertz CT molecular complexity index is 798. The van der Waals surface area contributed by atoms with Gasteiger partial charge in [0.15, 0.2) is 0 Å². The SMILES string of the molecule is C[C@H]([NH2+]Cc1ccc(C(=O)Nc2ccccc2)cc1)c1ccccc1. The normalized spacial score (nSPS) is 11.7. The molecule has 3 heteroatoms. The number of benzene rings is 3. The number of hydrogen-bond donors (Lipinski definition) is 2. The summed E-state index contributed by atoms with van der Waals surface area (Å²) >= 11 is 0. The topological polar surface area (TPSA) is 45.7 Å². The monoisotopic (exact) mass is 331 g/mol. The smallest absolute Gasteiger partial charge is 0.255 e. The lowest BCUT2D eigenvalue weighted by molar-refractivity contribution is -0.707. The van der Waals surface area contributed by atoms with Crippen molar-refractivity contribution in [3.8, 4) is 0 Å². The Kier molecular flexibility index (Phi) is 5.60. The minimum Gasteiger partial charge on any atom is -0.337 e. The van der Waals surface area contributed by atoms with Crippen molar-refractivity contribution in [2.45, 2.75) is 19.5 Å². The van der Waals surface area contributed by atoms with Gasteiger partial charge in [0.25, 0.3) is 5.91 Å². The van der Waals surface area contributed by atoms with E-state index >= 15 is 0 Å². The van der Waals surface area contributed by atoms with E-state index in [0.29, 0.717) is 11.6 Å². The fraction of sp³-hybridized carbons (Fsp3) is 0.136. The second kappa shape index (κ2) is 8.27. The van der Waals surface area contributed by atoms with Crippen molar-refractivity contribution < 1.29 is 10.1 Å². The number of quaternary nitrogens is 1. The van der Waals surface area contributed by atoms with E-state index in [-0.39, 0.29) is 5.91 Å². The van der Waals surface area contributed by atoms with Gasteiger partial charge in [0.05, 0.1) is 0 Å². The van der Waals surface area contributed by atoms with Crippen LogP contribution in [0.25, 0.3) is 0 Å². The zero-order chi connectivity index (χ0) is 17.5. The Morgan fingerprint density at radius 2 is 1.48 bits per heavy atom. The molecule has 0 saturated heterocycles. The average Bonchev–Trinajstić information content (AvgIpc) is 2.68. The van der Waals surface area contributed by atoms with Crippen molar-refractivity contribution in [1.29, 1.82) is 0 Å². The Hall–Kier alpha value is -2.91. The molecule has 1 atom stereocenters. The zero-order valence-corrected chi connectivity index (χ0v) is 14.4. The summed E-state index contributed by atoms with van der Waals surface area (Å²) in [5, 5.41) is 5.20. The van der Waals surface area contributed by atoms with Crippen LogP contribution in [0.4, 0.5) is 5.69 Å². The molecule has 25 heavy (non-hydrogen) atoms. The largest absolute Gasteiger partial charge is 0.337 e. The van der Waals surface area contributed by atoms with Crippen LogP contribution in [0.5, 0.6) is 0 Å². The lowest BCUT2D eigenvalue weighted by atomic mass is 10.1. The van der Waals surface area contributed by atoms with Crippen molar-refractivity contribution in [3.63, 3.8) is 0 Å². The number of rotatable bonds is 6. The van der Waals surface area contributed by atoms with Gasteiger partial charge in [0.1, 0.15) is 12.6 Å². The van der Waals surface area contributed by atoms with Gasteiger partial charge in [-0.2, -0.15) is 0 Å². The molecule has 126 valence electrons. The summed E-state index contributed by atoms with van der Waals surface area (Å²) < 4.78 is 0. The van der Waals surface area contributed by atoms with Crippen LogP contribution in [0.1, 0.15) is 34.5 Å². The van der Waals surface area contributed by atoms with Gasteiger partial charge in [0.2, 0.25) is 0 Å². The minimum atomic E-state index is -0.0839. The summed E-state index contributed by atoms with van der Waals surface area (Å²) in [5.41, 5.74) is 4.01. The molecule has 0 aliphatic rings. The van der Waals surface area contributed by atoms with Gasteiger partial charge in [0, 0.05) is 22.4 Å². The maximum absolute atomic E-state index is 12.3. The van der Waals surface area contributed by atoms with Crippen LogP contribution in [0.3, 0.4) is 0 Å². The molecule has 0 aliphatic carbocycles. The maximum Gasteiger partial charge on any atom is 0.255 e. The highest BCUT2D eigenvalue weighted by Gasteiger charge is 2.09. The van der Waals surface area contributed by atoms with Crippen molar-refractivity contribution in [3.05, 3.63) is 102 Å². The van der Waals surface area contributed by atoms with E-state index in [1.54, 1.807) is 0 Å². The third-order valence-electron chi connectivity index (χ3n) is 4.28. The maximum atomic E-state index is 12.3. The van der Waals surface area contributed by atoms with Crippen LogP contribution in [0, 0.1) is 0 Å². The van der Waals surface area contributed by atoms with E-state index in [2.05, 4.69) is 41.8 Å². The predicted molar refractivity (Wildman–Crippen MR) is 101 cm³/mol. The lowest BCUT2D eigenvalue weighted by Gasteiger charge is -2.11. The molecule has 0 fully saturated rings. The Morgan fingerprint density at radius 3 is 2.12 bits per heavy atom. The highest BCUT2D eigenvalue weighted by Crippen LogP contribution is 2.10. The van der Waals surface area contributed by atoms with E-state index in [1.165, 1.54) is 11.1 Å². The molecule has 3 aromatic rings. The van der Waals surface area contributed by atoms with Gasteiger partial charge in [-0.1, -0.05) is 60.7 Å². The molecule has 3 rings (SSSR count). The summed E-state index contributed by atoms with van der Waals surface area (Å²) in [7, 11) is 0. The average molecular weight is 331 g/mol. The van der Waals surface area contributed by atoms with Crippen LogP contribution in [-0.2, 0) is 6.54 Å². The Morgan fingerprint density at radius 1 is 0.880 bits per heavy atom. The summed E-state index contributed by atoms with van der Waals surface area (Å²) in [6.07, 6.45) is 0. The highest BCUT2D eigenvalue weighted by atomic mass is 16.1. The molecule has 0 radical (unpaired) electrons. The summed E-state index contributed by atoms with van der Waals surface area (Å²) in [6.45, 7) is 3.09. The fourth-order valence-corrected chi connectivity index (χ4v) is 2.72. The van der Waals surface area contributed by atoms with Crippen LogP contribution in [-0.4, -0.2) is 5.91 Å². The second-order valence-electron chi connectivity index (χ2n) is 6.16. The molecule has 0 spiro atoms. The molecular weight excluding hydrogens is 308 g/mol. The number of nitrogens with one attached hydrogen (secondary N) is 1. The first-order valence-corrected chi connectivity index (χ1v) is 8.56. The van der Waals surface area contributed by atoms with Crippen molar-refractivity contribution in [2.75, 3.05) is 5.32 Å². The Balaban J connectivity index is 1.56. The van der Waals surface area contributed by atoms with E-state index in [9.17, 15) is 4.79 Å². The van der Waals surface area contributed by atoms with Gasteiger partial charge in [-0.15, -0.1) is 0 Å². The molecule has 3 aromatic carbocycles. The first kappa shape index (κ1) is 16.9. The lowest BCUT2D eigenvalue weighted by Crippen LogP contribution is -2.83. The minimum absolute atomic E-state index is 0.0839. The molecule has 0 aliphatic heterocycles. The number of hydrogen-bond acceptors (Lipinski definition) is 1. The van der Waals surface area contributed by atoms with Crippen LogP contribution in [0.2, 0.25) is 0 Å². The predicted octanol–water partition coefficient (Wildman–Crippen LogP) is 3.76. The van der Waals surface area contributed by atoms with Gasteiger partial charge < -0.3 is 10.6 Å². The molecule has 0 aromatic heterocycles. The molecule has 0 unspecified atom stereocenters. The third-order valence-corrected chi connectivity index (χ3v) is 4.28. The zero-order valence-electron chi connectivity index (χ0n) is 14.4. The van der Waals surface area contributed by atoms with Crippen molar-refractivity contribution in [1.82, 2.24) is 0 Å². The van der Waals surface area contributed by atoms with Crippen molar-refractivity contribution in [2.24, 2.45) is 0 Å². The first-order valence-electron chi connectivity index (χ1n) is 8.56. The van der Waals surface area contributed by atoms with Crippen LogP contribution < -0.4 is 10.6 Å². The van der Waals surface area contributed by atoms with E-state index in [1.807, 2.05) is 60.7 Å². The molecule has 0 bridgehead atoms. The molecular formula is C22H23N2O+. The highest BCUT2D eigenvalue weighted by molar-refractivity contribution is 6.04. The number of carbonyl (C=O) groups is 1. The van der Waals surface area contributed by atoms with Gasteiger partial charge >= 0.3 is 0 Å². The molecule has 0 heterocycles. The fourth-order valence-electron chi connectivity index (χ4n) is 2.72. The molecule has 0 saturated carbocycles. The number of amides is 1. The summed E-state index contributed by atoms with van der Waals surface area (Å²) in [5.74, 6) is -0.0839.